The van der Waals surface area contributed by atoms with Crippen LogP contribution in [0.15, 0.2) is 42.5 Å². The van der Waals surface area contributed by atoms with Crippen molar-refractivity contribution in [3.63, 3.8) is 0 Å². The number of ether oxygens (including phenoxy) is 1. The van der Waals surface area contributed by atoms with E-state index in [-0.39, 0.29) is 0 Å². The number of benzene rings is 1. The molecule has 0 atom stereocenters. The van der Waals surface area contributed by atoms with E-state index in [4.69, 9.17) is 4.74 Å². The van der Waals surface area contributed by atoms with Crippen LogP contribution in [0.1, 0.15) is 18.2 Å². The van der Waals surface area contributed by atoms with Gasteiger partial charge in [-0.05, 0) is 43.7 Å². The van der Waals surface area contributed by atoms with E-state index in [0.717, 1.165) is 23.8 Å². The Kier molecular flexibility index (Phi) is 4.18. The van der Waals surface area contributed by atoms with Gasteiger partial charge in [-0.15, -0.1) is 0 Å². The van der Waals surface area contributed by atoms with Gasteiger partial charge >= 0.3 is 0 Å². The van der Waals surface area contributed by atoms with E-state index in [0.29, 0.717) is 6.61 Å². The van der Waals surface area contributed by atoms with Gasteiger partial charge < -0.3 is 10.1 Å². The average molecular weight is 242 g/mol. The molecule has 0 aliphatic rings. The number of aromatic nitrogens is 1. The number of anilines is 1. The topological polar surface area (TPSA) is 34.1 Å². The first-order valence-corrected chi connectivity index (χ1v) is 6.17. The van der Waals surface area contributed by atoms with Crippen molar-refractivity contribution < 1.29 is 4.74 Å². The van der Waals surface area contributed by atoms with Gasteiger partial charge in [0.25, 0.3) is 0 Å². The summed E-state index contributed by atoms with van der Waals surface area (Å²) in [5, 5.41) is 3.30. The molecule has 3 nitrogen and oxygen atoms in total. The highest BCUT2D eigenvalue weighted by Gasteiger charge is 1.98. The van der Waals surface area contributed by atoms with Crippen molar-refractivity contribution >= 4 is 5.82 Å². The Hall–Kier alpha value is -2.03. The fraction of sp³-hybridized carbons (Fsp3) is 0.267. The second-order valence-electron chi connectivity index (χ2n) is 4.10. The molecule has 0 saturated heterocycles. The van der Waals surface area contributed by atoms with Crippen LogP contribution >= 0.6 is 0 Å². The number of rotatable bonds is 5. The Morgan fingerprint density at radius 2 is 2.00 bits per heavy atom. The minimum absolute atomic E-state index is 0.691. The van der Waals surface area contributed by atoms with Crippen molar-refractivity contribution in [2.24, 2.45) is 0 Å². The molecule has 0 aliphatic heterocycles. The van der Waals surface area contributed by atoms with Gasteiger partial charge in [-0.25, -0.2) is 4.98 Å². The minimum atomic E-state index is 0.691. The molecule has 0 radical (unpaired) electrons. The number of hydrogen-bond acceptors (Lipinski definition) is 3. The lowest BCUT2D eigenvalue weighted by atomic mass is 10.2. The summed E-state index contributed by atoms with van der Waals surface area (Å²) in [6.07, 6.45) is 0. The third-order valence-corrected chi connectivity index (χ3v) is 2.57. The zero-order valence-electron chi connectivity index (χ0n) is 10.8. The number of nitrogens with zero attached hydrogens (tertiary/aromatic N) is 1. The summed E-state index contributed by atoms with van der Waals surface area (Å²) in [5.74, 6) is 1.81. The van der Waals surface area contributed by atoms with Crippen molar-refractivity contribution in [3.8, 4) is 5.75 Å². The molecule has 0 fully saturated rings. The fourth-order valence-corrected chi connectivity index (χ4v) is 1.75. The highest BCUT2D eigenvalue weighted by atomic mass is 16.5. The van der Waals surface area contributed by atoms with Crippen LogP contribution in [0.5, 0.6) is 5.75 Å². The van der Waals surface area contributed by atoms with Crippen molar-refractivity contribution in [2.75, 3.05) is 11.9 Å². The molecule has 0 amide bonds. The van der Waals surface area contributed by atoms with Gasteiger partial charge in [-0.1, -0.05) is 18.2 Å². The molecule has 18 heavy (non-hydrogen) atoms. The van der Waals surface area contributed by atoms with Gasteiger partial charge in [0.05, 0.1) is 6.61 Å². The highest BCUT2D eigenvalue weighted by molar-refractivity contribution is 5.37. The summed E-state index contributed by atoms with van der Waals surface area (Å²) in [6, 6.07) is 14.1. The molecule has 1 aromatic carbocycles. The van der Waals surface area contributed by atoms with E-state index >= 15 is 0 Å². The van der Waals surface area contributed by atoms with Gasteiger partial charge in [0.15, 0.2) is 0 Å². The van der Waals surface area contributed by atoms with Crippen LogP contribution in [-0.2, 0) is 6.54 Å². The van der Waals surface area contributed by atoms with E-state index in [1.54, 1.807) is 0 Å². The van der Waals surface area contributed by atoms with E-state index in [9.17, 15) is 0 Å². The lowest BCUT2D eigenvalue weighted by Crippen LogP contribution is -2.02. The Labute approximate surface area is 108 Å². The summed E-state index contributed by atoms with van der Waals surface area (Å²) in [5.41, 5.74) is 2.20. The second-order valence-corrected chi connectivity index (χ2v) is 4.10. The Bertz CT molecular complexity index is 511. The molecule has 94 valence electrons. The SMILES string of the molecule is CCOc1cccc(CNc2cccc(C)n2)c1. The quantitative estimate of drug-likeness (QED) is 0.872. The Morgan fingerprint density at radius 3 is 2.78 bits per heavy atom. The molecule has 2 rings (SSSR count). The van der Waals surface area contributed by atoms with Gasteiger partial charge in [-0.2, -0.15) is 0 Å². The zero-order chi connectivity index (χ0) is 12.8. The van der Waals surface area contributed by atoms with Crippen molar-refractivity contribution in [1.29, 1.82) is 0 Å². The lowest BCUT2D eigenvalue weighted by Gasteiger charge is -2.08. The molecule has 1 aromatic heterocycles. The standard InChI is InChI=1S/C15H18N2O/c1-3-18-14-8-5-7-13(10-14)11-16-15-9-4-6-12(2)17-15/h4-10H,3,11H2,1-2H3,(H,16,17). The monoisotopic (exact) mass is 242 g/mol. The Balaban J connectivity index is 1.99. The lowest BCUT2D eigenvalue weighted by molar-refractivity contribution is 0.340. The maximum absolute atomic E-state index is 5.47. The average Bonchev–Trinajstić information content (AvgIpc) is 2.37. The molecule has 0 spiro atoms. The molecule has 0 saturated carbocycles. The van der Waals surface area contributed by atoms with Gasteiger partial charge in [-0.3, -0.25) is 0 Å². The molecular weight excluding hydrogens is 224 g/mol. The van der Waals surface area contributed by atoms with E-state index in [1.807, 2.05) is 50.2 Å². The normalized spacial score (nSPS) is 10.1. The summed E-state index contributed by atoms with van der Waals surface area (Å²) in [4.78, 5) is 4.40. The van der Waals surface area contributed by atoms with Crippen molar-refractivity contribution in [3.05, 3.63) is 53.7 Å². The molecule has 2 aromatic rings. The zero-order valence-corrected chi connectivity index (χ0v) is 10.8. The van der Waals surface area contributed by atoms with E-state index < -0.39 is 0 Å². The number of nitrogens with one attached hydrogen (secondary N) is 1. The fourth-order valence-electron chi connectivity index (χ4n) is 1.75. The molecule has 3 heteroatoms. The molecule has 0 unspecified atom stereocenters. The summed E-state index contributed by atoms with van der Waals surface area (Å²) >= 11 is 0. The largest absolute Gasteiger partial charge is 0.494 e. The first kappa shape index (κ1) is 12.4. The van der Waals surface area contributed by atoms with Crippen LogP contribution in [0.25, 0.3) is 0 Å². The van der Waals surface area contributed by atoms with E-state index in [2.05, 4.69) is 16.4 Å². The molecule has 1 heterocycles. The maximum atomic E-state index is 5.47. The van der Waals surface area contributed by atoms with Crippen LogP contribution in [0.2, 0.25) is 0 Å². The first-order chi connectivity index (χ1) is 8.78. The van der Waals surface area contributed by atoms with Crippen LogP contribution < -0.4 is 10.1 Å². The predicted octanol–water partition coefficient (Wildman–Crippen LogP) is 3.40. The molecule has 1 N–H and O–H groups in total. The van der Waals surface area contributed by atoms with Gasteiger partial charge in [0.1, 0.15) is 11.6 Å². The smallest absolute Gasteiger partial charge is 0.126 e. The molecule has 0 aliphatic carbocycles. The van der Waals surface area contributed by atoms with Gasteiger partial charge in [0.2, 0.25) is 0 Å². The van der Waals surface area contributed by atoms with Crippen molar-refractivity contribution in [2.45, 2.75) is 20.4 Å². The Morgan fingerprint density at radius 1 is 1.17 bits per heavy atom. The maximum Gasteiger partial charge on any atom is 0.126 e. The van der Waals surface area contributed by atoms with Crippen molar-refractivity contribution in [1.82, 2.24) is 4.98 Å². The number of aryl methyl sites for hydroxylation is 1. The van der Waals surface area contributed by atoms with Crippen LogP contribution in [-0.4, -0.2) is 11.6 Å². The number of hydrogen-bond donors (Lipinski definition) is 1. The number of pyridine rings is 1. The van der Waals surface area contributed by atoms with Crippen LogP contribution in [0.4, 0.5) is 5.82 Å². The highest BCUT2D eigenvalue weighted by Crippen LogP contribution is 2.14. The molecule has 0 bridgehead atoms. The molecular formula is C15H18N2O. The third-order valence-electron chi connectivity index (χ3n) is 2.57. The predicted molar refractivity (Wildman–Crippen MR) is 73.9 cm³/mol. The van der Waals surface area contributed by atoms with Crippen LogP contribution in [0, 0.1) is 6.92 Å². The third kappa shape index (κ3) is 3.48. The summed E-state index contributed by atoms with van der Waals surface area (Å²) < 4.78 is 5.47. The van der Waals surface area contributed by atoms with Gasteiger partial charge in [0, 0.05) is 12.2 Å². The summed E-state index contributed by atoms with van der Waals surface area (Å²) in [6.45, 7) is 5.41. The van der Waals surface area contributed by atoms with E-state index in [1.165, 1.54) is 5.56 Å². The van der Waals surface area contributed by atoms with Crippen LogP contribution in [0.3, 0.4) is 0 Å². The first-order valence-electron chi connectivity index (χ1n) is 6.17. The minimum Gasteiger partial charge on any atom is -0.494 e. The summed E-state index contributed by atoms with van der Waals surface area (Å²) in [7, 11) is 0. The second kappa shape index (κ2) is 6.05.